The van der Waals surface area contributed by atoms with Crippen molar-refractivity contribution >= 4 is 23.2 Å². The number of hydrogen-bond donors (Lipinski definition) is 1. The summed E-state index contributed by atoms with van der Waals surface area (Å²) in [7, 11) is 0. The Labute approximate surface area is 159 Å². The van der Waals surface area contributed by atoms with E-state index in [1.807, 2.05) is 18.2 Å². The zero-order valence-corrected chi connectivity index (χ0v) is 14.9. The maximum atomic E-state index is 12.8. The first-order valence-corrected chi connectivity index (χ1v) is 8.76. The van der Waals surface area contributed by atoms with Crippen molar-refractivity contribution in [3.63, 3.8) is 0 Å². The molecule has 0 unspecified atom stereocenters. The predicted octanol–water partition coefficient (Wildman–Crippen LogP) is 3.84. The minimum absolute atomic E-state index is 0.0365. The second-order valence-electron chi connectivity index (χ2n) is 6.32. The van der Waals surface area contributed by atoms with E-state index in [1.54, 1.807) is 11.0 Å². The fourth-order valence-electron chi connectivity index (χ4n) is 3.25. The molecule has 1 amide bonds. The molecule has 1 aliphatic rings. The number of benzene rings is 2. The topological polar surface area (TPSA) is 92.1 Å². The van der Waals surface area contributed by atoms with Gasteiger partial charge in [-0.3, -0.25) is 20.0 Å². The molecule has 0 fully saturated rings. The van der Waals surface area contributed by atoms with Crippen molar-refractivity contribution in [3.05, 3.63) is 80.5 Å². The number of rotatable bonds is 3. The lowest BCUT2D eigenvalue weighted by Gasteiger charge is -2.27. The highest BCUT2D eigenvalue weighted by Crippen LogP contribution is 2.30. The van der Waals surface area contributed by atoms with Crippen molar-refractivity contribution in [1.82, 2.24) is 15.1 Å². The van der Waals surface area contributed by atoms with Crippen molar-refractivity contribution in [2.75, 3.05) is 6.54 Å². The van der Waals surface area contributed by atoms with Gasteiger partial charge in [0.15, 0.2) is 0 Å². The average Bonchev–Trinajstić information content (AvgIpc) is 3.10. The lowest BCUT2D eigenvalue weighted by molar-refractivity contribution is -0.384. The first-order chi connectivity index (χ1) is 13.0. The molecule has 136 valence electrons. The van der Waals surface area contributed by atoms with Gasteiger partial charge in [0.05, 0.1) is 10.6 Å². The van der Waals surface area contributed by atoms with E-state index in [4.69, 9.17) is 11.6 Å². The number of nitro benzene ring substituents is 1. The molecule has 0 bridgehead atoms. The molecular weight excluding hydrogens is 368 g/mol. The van der Waals surface area contributed by atoms with Crippen LogP contribution in [0.1, 0.15) is 21.6 Å². The number of H-pyrrole nitrogens is 1. The lowest BCUT2D eigenvalue weighted by Crippen LogP contribution is -2.35. The van der Waals surface area contributed by atoms with E-state index in [2.05, 4.69) is 10.2 Å². The van der Waals surface area contributed by atoms with Gasteiger partial charge < -0.3 is 4.90 Å². The van der Waals surface area contributed by atoms with Crippen molar-refractivity contribution in [2.24, 2.45) is 0 Å². The maximum Gasteiger partial charge on any atom is 0.269 e. The monoisotopic (exact) mass is 382 g/mol. The van der Waals surface area contributed by atoms with Gasteiger partial charge in [-0.25, -0.2) is 0 Å². The summed E-state index contributed by atoms with van der Waals surface area (Å²) in [5, 5.41) is 18.9. The number of non-ortho nitro benzene ring substituents is 1. The number of nitrogens with one attached hydrogen (secondary N) is 1. The standard InChI is InChI=1S/C19H15ClN4O3/c20-14-3-1-2-13(10-14)18-16-11-23(9-8-17(16)21-22-18)19(25)12-4-6-15(7-5-12)24(26)27/h1-7,10H,8-9,11H2,(H,21,22). The Bertz CT molecular complexity index is 1030. The van der Waals surface area contributed by atoms with Crippen LogP contribution in [0.4, 0.5) is 5.69 Å². The molecular formula is C19H15ClN4O3. The molecule has 27 heavy (non-hydrogen) atoms. The van der Waals surface area contributed by atoms with E-state index < -0.39 is 4.92 Å². The number of amides is 1. The van der Waals surface area contributed by atoms with Gasteiger partial charge >= 0.3 is 0 Å². The second-order valence-corrected chi connectivity index (χ2v) is 6.76. The molecule has 3 aromatic rings. The number of fused-ring (bicyclic) bond motifs is 1. The molecule has 0 saturated heterocycles. The molecule has 0 saturated carbocycles. The third kappa shape index (κ3) is 3.29. The average molecular weight is 383 g/mol. The molecule has 4 rings (SSSR count). The van der Waals surface area contributed by atoms with Crippen LogP contribution in [0.5, 0.6) is 0 Å². The highest BCUT2D eigenvalue weighted by atomic mass is 35.5. The molecule has 0 aliphatic carbocycles. The van der Waals surface area contributed by atoms with Crippen LogP contribution >= 0.6 is 11.6 Å². The quantitative estimate of drug-likeness (QED) is 0.550. The molecule has 1 aliphatic heterocycles. The first-order valence-electron chi connectivity index (χ1n) is 8.38. The molecule has 2 heterocycles. The van der Waals surface area contributed by atoms with Crippen molar-refractivity contribution in [3.8, 4) is 11.3 Å². The Hall–Kier alpha value is -3.19. The van der Waals surface area contributed by atoms with Crippen LogP contribution in [0, 0.1) is 10.1 Å². The normalized spacial score (nSPS) is 13.3. The number of nitro groups is 1. The predicted molar refractivity (Wildman–Crippen MR) is 101 cm³/mol. The summed E-state index contributed by atoms with van der Waals surface area (Å²) in [4.78, 5) is 24.8. The number of carbonyl (C=O) groups is 1. The van der Waals surface area contributed by atoms with Crippen LogP contribution < -0.4 is 0 Å². The van der Waals surface area contributed by atoms with Crippen molar-refractivity contribution in [1.29, 1.82) is 0 Å². The van der Waals surface area contributed by atoms with Crippen molar-refractivity contribution in [2.45, 2.75) is 13.0 Å². The third-order valence-electron chi connectivity index (χ3n) is 4.64. The van der Waals surface area contributed by atoms with Crippen LogP contribution in [0.25, 0.3) is 11.3 Å². The van der Waals surface area contributed by atoms with Gasteiger partial charge in [0, 0.05) is 59.0 Å². The van der Waals surface area contributed by atoms with E-state index in [0.29, 0.717) is 30.1 Å². The van der Waals surface area contributed by atoms with Gasteiger partial charge in [-0.05, 0) is 24.3 Å². The lowest BCUT2D eigenvalue weighted by atomic mass is 10.0. The summed E-state index contributed by atoms with van der Waals surface area (Å²) in [6.07, 6.45) is 0.668. The molecule has 8 heteroatoms. The van der Waals surface area contributed by atoms with E-state index in [0.717, 1.165) is 22.5 Å². The molecule has 2 aromatic carbocycles. The summed E-state index contributed by atoms with van der Waals surface area (Å²) < 4.78 is 0. The smallest absolute Gasteiger partial charge is 0.269 e. The van der Waals surface area contributed by atoms with Crippen LogP contribution in [0.2, 0.25) is 5.02 Å². The maximum absolute atomic E-state index is 12.8. The molecule has 1 aromatic heterocycles. The Kier molecular flexibility index (Phi) is 4.37. The highest BCUT2D eigenvalue weighted by Gasteiger charge is 2.26. The largest absolute Gasteiger partial charge is 0.334 e. The van der Waals surface area contributed by atoms with Gasteiger partial charge in [-0.15, -0.1) is 0 Å². The van der Waals surface area contributed by atoms with Crippen molar-refractivity contribution < 1.29 is 9.72 Å². The Morgan fingerprint density at radius 2 is 2.00 bits per heavy atom. The molecule has 0 atom stereocenters. The van der Waals surface area contributed by atoms with Crippen LogP contribution in [-0.4, -0.2) is 32.5 Å². The number of hydrogen-bond acceptors (Lipinski definition) is 4. The van der Waals surface area contributed by atoms with Gasteiger partial charge in [0.1, 0.15) is 0 Å². The van der Waals surface area contributed by atoms with Crippen LogP contribution in [0.15, 0.2) is 48.5 Å². The molecule has 0 radical (unpaired) electrons. The van der Waals surface area contributed by atoms with Gasteiger partial charge in [0.2, 0.25) is 0 Å². The Morgan fingerprint density at radius 1 is 1.22 bits per heavy atom. The SMILES string of the molecule is O=C(c1ccc([N+](=O)[O-])cc1)N1CCc2[nH]nc(-c3cccc(Cl)c3)c2C1. The van der Waals surface area contributed by atoms with E-state index in [1.165, 1.54) is 24.3 Å². The summed E-state index contributed by atoms with van der Waals surface area (Å²) in [6.45, 7) is 0.976. The molecule has 7 nitrogen and oxygen atoms in total. The minimum atomic E-state index is -0.482. The third-order valence-corrected chi connectivity index (χ3v) is 4.88. The van der Waals surface area contributed by atoms with E-state index in [-0.39, 0.29) is 11.6 Å². The van der Waals surface area contributed by atoms with Gasteiger partial charge in [0.25, 0.3) is 11.6 Å². The van der Waals surface area contributed by atoms with E-state index >= 15 is 0 Å². The summed E-state index contributed by atoms with van der Waals surface area (Å²) in [6, 6.07) is 13.1. The number of halogens is 1. The minimum Gasteiger partial charge on any atom is -0.334 e. The highest BCUT2D eigenvalue weighted by molar-refractivity contribution is 6.30. The fourth-order valence-corrected chi connectivity index (χ4v) is 3.44. The summed E-state index contributed by atoms with van der Waals surface area (Å²) in [5.41, 5.74) is 4.05. The number of aromatic nitrogens is 2. The Balaban J connectivity index is 1.60. The fraction of sp³-hybridized carbons (Fsp3) is 0.158. The van der Waals surface area contributed by atoms with Gasteiger partial charge in [-0.2, -0.15) is 5.10 Å². The number of aromatic amines is 1. The number of carbonyl (C=O) groups excluding carboxylic acids is 1. The zero-order valence-electron chi connectivity index (χ0n) is 14.2. The van der Waals surface area contributed by atoms with Crippen LogP contribution in [0.3, 0.4) is 0 Å². The first kappa shape index (κ1) is 17.2. The Morgan fingerprint density at radius 3 is 2.70 bits per heavy atom. The number of nitrogens with zero attached hydrogens (tertiary/aromatic N) is 3. The van der Waals surface area contributed by atoms with Crippen LogP contribution in [-0.2, 0) is 13.0 Å². The molecule has 0 spiro atoms. The second kappa shape index (κ2) is 6.85. The summed E-state index contributed by atoms with van der Waals surface area (Å²) in [5.74, 6) is -0.159. The zero-order chi connectivity index (χ0) is 19.0. The molecule has 1 N–H and O–H groups in total. The van der Waals surface area contributed by atoms with Gasteiger partial charge in [-0.1, -0.05) is 23.7 Å². The summed E-state index contributed by atoms with van der Waals surface area (Å²) >= 11 is 6.09. The van der Waals surface area contributed by atoms with E-state index in [9.17, 15) is 14.9 Å².